The van der Waals surface area contributed by atoms with E-state index in [0.717, 1.165) is 38.1 Å². The molecule has 0 radical (unpaired) electrons. The van der Waals surface area contributed by atoms with Crippen molar-refractivity contribution in [1.29, 1.82) is 0 Å². The highest BCUT2D eigenvalue weighted by molar-refractivity contribution is 5.77. The maximum atomic E-state index is 12.2. The minimum Gasteiger partial charge on any atom is -0.378 e. The van der Waals surface area contributed by atoms with E-state index in [4.69, 9.17) is 4.74 Å². The number of aryl methyl sites for hydroxylation is 1. The number of hydrogen-bond acceptors (Lipinski definition) is 4. The zero-order valence-electron chi connectivity index (χ0n) is 13.5. The number of hydrogen-bond donors (Lipinski definition) is 2. The van der Waals surface area contributed by atoms with Gasteiger partial charge < -0.3 is 15.4 Å². The van der Waals surface area contributed by atoms with E-state index in [9.17, 15) is 4.79 Å². The van der Waals surface area contributed by atoms with E-state index in [-0.39, 0.29) is 18.0 Å². The Morgan fingerprint density at radius 2 is 2.45 bits per heavy atom. The Balaban J connectivity index is 1.52. The zero-order valence-corrected chi connectivity index (χ0v) is 13.5. The smallest absolute Gasteiger partial charge is 0.221 e. The summed E-state index contributed by atoms with van der Waals surface area (Å²) in [6.45, 7) is 6.47. The van der Waals surface area contributed by atoms with Crippen molar-refractivity contribution in [3.8, 4) is 0 Å². The van der Waals surface area contributed by atoms with E-state index in [0.29, 0.717) is 19.1 Å². The highest BCUT2D eigenvalue weighted by Crippen LogP contribution is 2.21. The highest BCUT2D eigenvalue weighted by Gasteiger charge is 2.24. The monoisotopic (exact) mass is 306 g/mol. The summed E-state index contributed by atoms with van der Waals surface area (Å²) in [6, 6.07) is 0.740. The average molecular weight is 306 g/mol. The third-order valence-corrected chi connectivity index (χ3v) is 4.42. The van der Waals surface area contributed by atoms with Crippen LogP contribution < -0.4 is 10.6 Å². The summed E-state index contributed by atoms with van der Waals surface area (Å²) in [6.07, 6.45) is 5.48. The minimum absolute atomic E-state index is 0.111. The molecule has 122 valence electrons. The molecule has 1 saturated heterocycles. The number of ether oxygens (including phenoxy) is 1. The molecule has 6 nitrogen and oxygen atoms in total. The maximum Gasteiger partial charge on any atom is 0.221 e. The molecule has 0 bridgehead atoms. The molecule has 0 spiro atoms. The molecule has 0 saturated carbocycles. The van der Waals surface area contributed by atoms with E-state index >= 15 is 0 Å². The summed E-state index contributed by atoms with van der Waals surface area (Å²) in [7, 11) is 0. The maximum absolute atomic E-state index is 12.2. The number of fused-ring (bicyclic) bond motifs is 1. The lowest BCUT2D eigenvalue weighted by Crippen LogP contribution is -2.46. The Hall–Kier alpha value is -1.40. The van der Waals surface area contributed by atoms with Crippen LogP contribution in [0.3, 0.4) is 0 Å². The van der Waals surface area contributed by atoms with Gasteiger partial charge in [-0.1, -0.05) is 0 Å². The summed E-state index contributed by atoms with van der Waals surface area (Å²) in [5, 5.41) is 11.1. The quantitative estimate of drug-likeness (QED) is 0.864. The van der Waals surface area contributed by atoms with Gasteiger partial charge in [-0.3, -0.25) is 9.48 Å². The first-order valence-corrected chi connectivity index (χ1v) is 8.29. The van der Waals surface area contributed by atoms with Crippen LogP contribution in [-0.2, 0) is 22.4 Å². The fourth-order valence-corrected chi connectivity index (χ4v) is 3.16. The zero-order chi connectivity index (χ0) is 15.5. The van der Waals surface area contributed by atoms with Crippen LogP contribution >= 0.6 is 0 Å². The number of carbonyl (C=O) groups is 1. The number of carbonyl (C=O) groups excluding carboxylic acids is 1. The van der Waals surface area contributed by atoms with Gasteiger partial charge in [0.15, 0.2) is 0 Å². The fourth-order valence-electron chi connectivity index (χ4n) is 3.16. The van der Waals surface area contributed by atoms with Crippen molar-refractivity contribution in [2.24, 2.45) is 0 Å². The van der Waals surface area contributed by atoms with E-state index in [1.807, 2.05) is 4.68 Å². The molecule has 2 heterocycles. The third-order valence-electron chi connectivity index (χ3n) is 4.42. The van der Waals surface area contributed by atoms with E-state index < -0.39 is 0 Å². The van der Waals surface area contributed by atoms with Gasteiger partial charge in [-0.25, -0.2) is 0 Å². The second-order valence-electron chi connectivity index (χ2n) is 6.61. The number of amides is 1. The Morgan fingerprint density at radius 3 is 3.18 bits per heavy atom. The van der Waals surface area contributed by atoms with Gasteiger partial charge in [0.05, 0.1) is 18.9 Å². The van der Waals surface area contributed by atoms with Gasteiger partial charge in [-0.15, -0.1) is 0 Å². The Kier molecular flexibility index (Phi) is 4.78. The molecule has 1 aromatic rings. The van der Waals surface area contributed by atoms with Gasteiger partial charge in [0.1, 0.15) is 0 Å². The topological polar surface area (TPSA) is 68.2 Å². The van der Waals surface area contributed by atoms with Crippen molar-refractivity contribution in [3.05, 3.63) is 17.5 Å². The Labute approximate surface area is 131 Å². The highest BCUT2D eigenvalue weighted by atomic mass is 16.5. The molecule has 0 aromatic carbocycles. The van der Waals surface area contributed by atoms with Crippen LogP contribution in [0.4, 0.5) is 0 Å². The summed E-state index contributed by atoms with van der Waals surface area (Å²) in [5.74, 6) is 0.111. The number of morpholine rings is 1. The first-order valence-electron chi connectivity index (χ1n) is 8.29. The first kappa shape index (κ1) is 15.5. The van der Waals surface area contributed by atoms with Crippen LogP contribution in [0.1, 0.15) is 44.0 Å². The molecule has 2 N–H and O–H groups in total. The van der Waals surface area contributed by atoms with E-state index in [2.05, 4.69) is 35.8 Å². The van der Waals surface area contributed by atoms with Crippen LogP contribution in [0.15, 0.2) is 6.20 Å². The van der Waals surface area contributed by atoms with Gasteiger partial charge in [-0.2, -0.15) is 5.10 Å². The number of nitrogens with one attached hydrogen (secondary N) is 2. The fraction of sp³-hybridized carbons (Fsp3) is 0.750. The van der Waals surface area contributed by atoms with Crippen molar-refractivity contribution < 1.29 is 9.53 Å². The third kappa shape index (κ3) is 3.67. The van der Waals surface area contributed by atoms with Crippen LogP contribution in [-0.4, -0.2) is 47.5 Å². The molecule has 3 rings (SSSR count). The summed E-state index contributed by atoms with van der Waals surface area (Å²) in [5.41, 5.74) is 2.48. The molecule has 1 aliphatic carbocycles. The van der Waals surface area contributed by atoms with E-state index in [1.54, 1.807) is 0 Å². The van der Waals surface area contributed by atoms with Gasteiger partial charge in [0.2, 0.25) is 5.91 Å². The number of nitrogens with zero attached hydrogens (tertiary/aromatic N) is 2. The number of aromatic nitrogens is 2. The Bertz CT molecular complexity index is 520. The SMILES string of the molecule is CC(C)n1cc2c(n1)CC(NC(=O)CC1COCCN1)CC2. The van der Waals surface area contributed by atoms with Gasteiger partial charge in [0.25, 0.3) is 0 Å². The molecule has 2 aliphatic rings. The Morgan fingerprint density at radius 1 is 1.59 bits per heavy atom. The lowest BCUT2D eigenvalue weighted by molar-refractivity contribution is -0.123. The van der Waals surface area contributed by atoms with Crippen LogP contribution in [0.5, 0.6) is 0 Å². The second-order valence-corrected chi connectivity index (χ2v) is 6.61. The van der Waals surface area contributed by atoms with E-state index in [1.165, 1.54) is 5.56 Å². The largest absolute Gasteiger partial charge is 0.378 e. The molecule has 1 aromatic heterocycles. The summed E-state index contributed by atoms with van der Waals surface area (Å²) < 4.78 is 7.42. The van der Waals surface area contributed by atoms with Crippen molar-refractivity contribution >= 4 is 5.91 Å². The predicted molar refractivity (Wildman–Crippen MR) is 83.8 cm³/mol. The van der Waals surface area contributed by atoms with Gasteiger partial charge in [0, 0.05) is 43.7 Å². The molecule has 1 amide bonds. The standard InChI is InChI=1S/C16H26N4O2/c1-11(2)20-9-12-3-4-13(7-15(12)19-20)18-16(21)8-14-10-22-6-5-17-14/h9,11,13-14,17H,3-8,10H2,1-2H3,(H,18,21). The molecule has 2 atom stereocenters. The van der Waals surface area contributed by atoms with Crippen LogP contribution in [0, 0.1) is 0 Å². The lowest BCUT2D eigenvalue weighted by Gasteiger charge is -2.26. The van der Waals surface area contributed by atoms with Crippen LogP contribution in [0.25, 0.3) is 0 Å². The summed E-state index contributed by atoms with van der Waals surface area (Å²) >= 11 is 0. The lowest BCUT2D eigenvalue weighted by atomic mass is 9.93. The molecular formula is C16H26N4O2. The summed E-state index contributed by atoms with van der Waals surface area (Å²) in [4.78, 5) is 12.2. The molecule has 6 heteroatoms. The molecule has 22 heavy (non-hydrogen) atoms. The van der Waals surface area contributed by atoms with Crippen molar-refractivity contribution in [2.75, 3.05) is 19.8 Å². The van der Waals surface area contributed by atoms with Crippen molar-refractivity contribution in [3.63, 3.8) is 0 Å². The van der Waals surface area contributed by atoms with Gasteiger partial charge >= 0.3 is 0 Å². The second kappa shape index (κ2) is 6.79. The number of rotatable bonds is 4. The average Bonchev–Trinajstić information content (AvgIpc) is 2.91. The van der Waals surface area contributed by atoms with Crippen molar-refractivity contribution in [2.45, 2.75) is 57.7 Å². The van der Waals surface area contributed by atoms with Gasteiger partial charge in [-0.05, 0) is 32.3 Å². The minimum atomic E-state index is 0.111. The molecule has 1 aliphatic heterocycles. The van der Waals surface area contributed by atoms with Crippen LogP contribution in [0.2, 0.25) is 0 Å². The molecule has 1 fully saturated rings. The first-order chi connectivity index (χ1) is 10.6. The molecule has 2 unspecified atom stereocenters. The predicted octanol–water partition coefficient (Wildman–Crippen LogP) is 0.816. The molecular weight excluding hydrogens is 280 g/mol. The normalized spacial score (nSPS) is 25.0. The van der Waals surface area contributed by atoms with Crippen molar-refractivity contribution in [1.82, 2.24) is 20.4 Å².